The van der Waals surface area contributed by atoms with Gasteiger partial charge in [-0.25, -0.2) is 0 Å². The van der Waals surface area contributed by atoms with Gasteiger partial charge in [0.2, 0.25) is 0 Å². The summed E-state index contributed by atoms with van der Waals surface area (Å²) < 4.78 is 11.0. The van der Waals surface area contributed by atoms with Crippen LogP contribution in [0.15, 0.2) is 34.3 Å². The molecule has 2 aromatic rings. The van der Waals surface area contributed by atoms with Gasteiger partial charge in [0.05, 0.1) is 26.0 Å². The molecule has 0 unspecified atom stereocenters. The second kappa shape index (κ2) is 9.76. The second-order valence-electron chi connectivity index (χ2n) is 6.01. The molecule has 2 aromatic heterocycles. The van der Waals surface area contributed by atoms with Gasteiger partial charge in [-0.2, -0.15) is 0 Å². The van der Waals surface area contributed by atoms with Crippen LogP contribution in [0.3, 0.4) is 0 Å². The molecule has 1 fully saturated rings. The number of rotatable bonds is 7. The molecular formula is C19H24N2O3S. The van der Waals surface area contributed by atoms with Gasteiger partial charge in [-0.3, -0.25) is 9.80 Å². The van der Waals surface area contributed by atoms with Crippen LogP contribution < -0.4 is 0 Å². The Morgan fingerprint density at radius 2 is 2.16 bits per heavy atom. The van der Waals surface area contributed by atoms with Crippen molar-refractivity contribution >= 4 is 11.3 Å². The standard InChI is InChI=1S/C19H24N2O3S/c22-9-1-3-17-13-19(25-16-17)15-21(14-18-4-2-10-24-18)6-5-20-7-11-23-12-8-20/h2,4,10,13,16,22H,5-9,11-12,14-15H2. The zero-order chi connectivity index (χ0) is 17.3. The third-order valence-corrected chi connectivity index (χ3v) is 5.06. The Labute approximate surface area is 152 Å². The summed E-state index contributed by atoms with van der Waals surface area (Å²) in [6, 6.07) is 6.06. The highest BCUT2D eigenvalue weighted by Gasteiger charge is 2.14. The van der Waals surface area contributed by atoms with E-state index in [1.807, 2.05) is 17.5 Å². The van der Waals surface area contributed by atoms with Crippen LogP contribution >= 0.6 is 11.3 Å². The molecule has 1 aliphatic rings. The molecule has 0 spiro atoms. The Kier molecular flexibility index (Phi) is 7.10. The molecule has 5 nitrogen and oxygen atoms in total. The van der Waals surface area contributed by atoms with Crippen LogP contribution in [0, 0.1) is 11.8 Å². The Bertz CT molecular complexity index is 681. The molecule has 1 N–H and O–H groups in total. The molecular weight excluding hydrogens is 336 g/mol. The van der Waals surface area contributed by atoms with Crippen molar-refractivity contribution in [2.75, 3.05) is 46.0 Å². The van der Waals surface area contributed by atoms with E-state index in [1.165, 1.54) is 4.88 Å². The number of aliphatic hydroxyl groups excluding tert-OH is 1. The van der Waals surface area contributed by atoms with Crippen molar-refractivity contribution in [3.05, 3.63) is 46.0 Å². The number of hydrogen-bond donors (Lipinski definition) is 1. The number of nitrogens with zero attached hydrogens (tertiary/aromatic N) is 2. The lowest BCUT2D eigenvalue weighted by Crippen LogP contribution is -2.41. The van der Waals surface area contributed by atoms with Crippen molar-refractivity contribution in [2.24, 2.45) is 0 Å². The lowest BCUT2D eigenvalue weighted by molar-refractivity contribution is 0.0322. The van der Waals surface area contributed by atoms with Crippen molar-refractivity contribution in [2.45, 2.75) is 13.1 Å². The Balaban J connectivity index is 1.59. The Hall–Kier alpha value is -1.62. The molecule has 0 aromatic carbocycles. The summed E-state index contributed by atoms with van der Waals surface area (Å²) in [5.41, 5.74) is 0.972. The zero-order valence-electron chi connectivity index (χ0n) is 14.3. The molecule has 0 saturated carbocycles. The number of aliphatic hydroxyl groups is 1. The maximum Gasteiger partial charge on any atom is 0.117 e. The van der Waals surface area contributed by atoms with Crippen LogP contribution in [0.4, 0.5) is 0 Å². The Morgan fingerprint density at radius 3 is 2.92 bits per heavy atom. The lowest BCUT2D eigenvalue weighted by atomic mass is 10.3. The van der Waals surface area contributed by atoms with Crippen molar-refractivity contribution in [3.63, 3.8) is 0 Å². The van der Waals surface area contributed by atoms with Gasteiger partial charge in [0.25, 0.3) is 0 Å². The third kappa shape index (κ3) is 5.99. The molecule has 0 radical (unpaired) electrons. The van der Waals surface area contributed by atoms with Crippen LogP contribution in [0.2, 0.25) is 0 Å². The van der Waals surface area contributed by atoms with E-state index in [2.05, 4.69) is 27.7 Å². The molecule has 0 amide bonds. The minimum absolute atomic E-state index is 0.102. The molecule has 1 aliphatic heterocycles. The van der Waals surface area contributed by atoms with E-state index in [4.69, 9.17) is 14.3 Å². The summed E-state index contributed by atoms with van der Waals surface area (Å²) in [6.07, 6.45) is 1.73. The van der Waals surface area contributed by atoms with Crippen LogP contribution in [0.1, 0.15) is 16.2 Å². The van der Waals surface area contributed by atoms with Gasteiger partial charge >= 0.3 is 0 Å². The summed E-state index contributed by atoms with van der Waals surface area (Å²) in [5.74, 6) is 6.65. The van der Waals surface area contributed by atoms with Gasteiger partial charge < -0.3 is 14.3 Å². The van der Waals surface area contributed by atoms with E-state index in [9.17, 15) is 0 Å². The van der Waals surface area contributed by atoms with E-state index < -0.39 is 0 Å². The van der Waals surface area contributed by atoms with Gasteiger partial charge in [0.15, 0.2) is 0 Å². The van der Waals surface area contributed by atoms with Gasteiger partial charge in [-0.05, 0) is 18.2 Å². The highest BCUT2D eigenvalue weighted by Crippen LogP contribution is 2.18. The maximum atomic E-state index is 8.81. The first-order valence-corrected chi connectivity index (χ1v) is 9.43. The topological polar surface area (TPSA) is 49.1 Å². The summed E-state index contributed by atoms with van der Waals surface area (Å²) in [5, 5.41) is 10.9. The van der Waals surface area contributed by atoms with Gasteiger partial charge in [0, 0.05) is 48.5 Å². The van der Waals surface area contributed by atoms with Gasteiger partial charge in [-0.1, -0.05) is 11.8 Å². The van der Waals surface area contributed by atoms with Crippen LogP contribution in [-0.4, -0.2) is 60.9 Å². The average Bonchev–Trinajstić information content (AvgIpc) is 3.31. The number of furan rings is 1. The summed E-state index contributed by atoms with van der Waals surface area (Å²) in [7, 11) is 0. The maximum absolute atomic E-state index is 8.81. The normalized spacial score (nSPS) is 15.3. The molecule has 3 rings (SSSR count). The first-order chi connectivity index (χ1) is 12.3. The van der Waals surface area contributed by atoms with Gasteiger partial charge in [-0.15, -0.1) is 11.3 Å². The fourth-order valence-corrected chi connectivity index (χ4v) is 3.69. The molecule has 3 heterocycles. The fourth-order valence-electron chi connectivity index (χ4n) is 2.84. The van der Waals surface area contributed by atoms with E-state index in [0.717, 1.165) is 63.8 Å². The quantitative estimate of drug-likeness (QED) is 0.766. The minimum atomic E-state index is -0.102. The number of hydrogen-bond acceptors (Lipinski definition) is 6. The zero-order valence-corrected chi connectivity index (χ0v) is 15.1. The van der Waals surface area contributed by atoms with Crippen LogP contribution in [-0.2, 0) is 17.8 Å². The SMILES string of the molecule is OCC#Cc1csc(CN(CCN2CCOCC2)Cc2ccco2)c1. The lowest BCUT2D eigenvalue weighted by Gasteiger charge is -2.29. The molecule has 25 heavy (non-hydrogen) atoms. The number of morpholine rings is 1. The number of ether oxygens (including phenoxy) is 1. The van der Waals surface area contributed by atoms with E-state index >= 15 is 0 Å². The van der Waals surface area contributed by atoms with E-state index in [1.54, 1.807) is 17.6 Å². The van der Waals surface area contributed by atoms with E-state index in [-0.39, 0.29) is 6.61 Å². The monoisotopic (exact) mass is 360 g/mol. The molecule has 6 heteroatoms. The highest BCUT2D eigenvalue weighted by atomic mass is 32.1. The molecule has 0 aliphatic carbocycles. The predicted molar refractivity (Wildman–Crippen MR) is 98.4 cm³/mol. The van der Waals surface area contributed by atoms with Crippen LogP contribution in [0.5, 0.6) is 0 Å². The smallest absolute Gasteiger partial charge is 0.117 e. The largest absolute Gasteiger partial charge is 0.468 e. The van der Waals surface area contributed by atoms with Crippen molar-refractivity contribution in [3.8, 4) is 11.8 Å². The molecule has 0 atom stereocenters. The number of thiophene rings is 1. The van der Waals surface area contributed by atoms with Crippen molar-refractivity contribution < 1.29 is 14.3 Å². The summed E-state index contributed by atoms with van der Waals surface area (Å²) in [4.78, 5) is 6.13. The minimum Gasteiger partial charge on any atom is -0.468 e. The fraction of sp³-hybridized carbons (Fsp3) is 0.474. The second-order valence-corrected chi connectivity index (χ2v) is 7.00. The third-order valence-electron chi connectivity index (χ3n) is 4.14. The van der Waals surface area contributed by atoms with Crippen molar-refractivity contribution in [1.82, 2.24) is 9.80 Å². The first-order valence-electron chi connectivity index (χ1n) is 8.55. The van der Waals surface area contributed by atoms with Crippen LogP contribution in [0.25, 0.3) is 0 Å². The first kappa shape index (κ1) is 18.2. The predicted octanol–water partition coefficient (Wildman–Crippen LogP) is 2.02. The molecule has 134 valence electrons. The summed E-state index contributed by atoms with van der Waals surface area (Å²) in [6.45, 7) is 7.26. The molecule has 0 bridgehead atoms. The van der Waals surface area contributed by atoms with Crippen molar-refractivity contribution in [1.29, 1.82) is 0 Å². The molecule has 1 saturated heterocycles. The highest BCUT2D eigenvalue weighted by molar-refractivity contribution is 7.10. The Morgan fingerprint density at radius 1 is 1.28 bits per heavy atom. The van der Waals surface area contributed by atoms with Gasteiger partial charge in [0.1, 0.15) is 12.4 Å². The summed E-state index contributed by atoms with van der Waals surface area (Å²) >= 11 is 1.71. The average molecular weight is 360 g/mol. The van der Waals surface area contributed by atoms with E-state index in [0.29, 0.717) is 0 Å².